The standard InChI is InChI=1S/Al.H2O3Si/c;1-4(2)3/h;1-2H/q+3;. The fraction of sp³-hybridized carbons (Fsp3) is 0. The molecule has 3 nitrogen and oxygen atoms in total. The third kappa shape index (κ3) is 859. The Labute approximate surface area is 41.3 Å². The third-order valence-corrected chi connectivity index (χ3v) is 0. The molecule has 5 heteroatoms. The van der Waals surface area contributed by atoms with Crippen LogP contribution in [0.3, 0.4) is 0 Å². The normalized spacial score (nSPS) is 4.80. The first-order valence-electron chi connectivity index (χ1n) is 0.651. The summed E-state index contributed by atoms with van der Waals surface area (Å²) in [4.78, 5) is 14.3. The summed E-state index contributed by atoms with van der Waals surface area (Å²) in [6, 6.07) is 0. The van der Waals surface area contributed by atoms with Gasteiger partial charge in [-0.2, -0.15) is 0 Å². The molecule has 0 aromatic rings. The van der Waals surface area contributed by atoms with Gasteiger partial charge in [0.25, 0.3) is 0 Å². The zero-order valence-electron chi connectivity index (χ0n) is 2.38. The molecule has 0 spiro atoms. The van der Waals surface area contributed by atoms with E-state index in [2.05, 4.69) is 0 Å². The van der Waals surface area contributed by atoms with Gasteiger partial charge in [-0.15, -0.1) is 0 Å². The van der Waals surface area contributed by atoms with Crippen molar-refractivity contribution < 1.29 is 14.1 Å². The van der Waals surface area contributed by atoms with Gasteiger partial charge in [-0.25, -0.2) is 0 Å². The van der Waals surface area contributed by atoms with Crippen LogP contribution in [-0.4, -0.2) is 36.1 Å². The average molecular weight is 105 g/mol. The second-order valence-corrected chi connectivity index (χ2v) is 0.848. The van der Waals surface area contributed by atoms with Gasteiger partial charge >= 0.3 is 26.5 Å². The Hall–Kier alpha value is 0.149. The van der Waals surface area contributed by atoms with Crippen molar-refractivity contribution in [3.05, 3.63) is 0 Å². The summed E-state index contributed by atoms with van der Waals surface area (Å²) in [6.07, 6.45) is 0. The van der Waals surface area contributed by atoms with Crippen LogP contribution in [-0.2, 0) is 4.46 Å². The van der Waals surface area contributed by atoms with E-state index < -0.39 is 9.17 Å². The van der Waals surface area contributed by atoms with E-state index in [0.29, 0.717) is 0 Å². The summed E-state index contributed by atoms with van der Waals surface area (Å²) in [6.45, 7) is 0. The van der Waals surface area contributed by atoms with Crippen LogP contribution in [0, 0.1) is 0 Å². The minimum absolute atomic E-state index is 0. The van der Waals surface area contributed by atoms with Crippen LogP contribution in [0.5, 0.6) is 0 Å². The van der Waals surface area contributed by atoms with Gasteiger partial charge in [0.15, 0.2) is 0 Å². The summed E-state index contributed by atoms with van der Waals surface area (Å²) >= 11 is 0. The molecule has 0 radical (unpaired) electrons. The molecular formula is H2AlO3Si+3. The fourth-order valence-electron chi connectivity index (χ4n) is 0. The van der Waals surface area contributed by atoms with Crippen molar-refractivity contribution >= 4 is 26.5 Å². The first-order chi connectivity index (χ1) is 1.73. The summed E-state index contributed by atoms with van der Waals surface area (Å²) in [5.41, 5.74) is 0. The molecule has 2 N–H and O–H groups in total. The molecule has 0 aliphatic heterocycles. The van der Waals surface area contributed by atoms with Crippen molar-refractivity contribution in [2.24, 2.45) is 0 Å². The van der Waals surface area contributed by atoms with E-state index in [1.54, 1.807) is 0 Å². The van der Waals surface area contributed by atoms with Crippen molar-refractivity contribution in [3.63, 3.8) is 0 Å². The van der Waals surface area contributed by atoms with Crippen LogP contribution in [0.4, 0.5) is 0 Å². The number of rotatable bonds is 0. The van der Waals surface area contributed by atoms with Gasteiger partial charge in [-0.05, 0) is 0 Å². The maximum atomic E-state index is 8.74. The second kappa shape index (κ2) is 4.15. The molecular weight excluding hydrogens is 103 g/mol. The molecule has 0 aliphatic carbocycles. The molecule has 0 unspecified atom stereocenters. The Kier molecular flexibility index (Phi) is 7.42. The first-order valence-corrected chi connectivity index (χ1v) is 1.95. The van der Waals surface area contributed by atoms with E-state index in [1.165, 1.54) is 0 Å². The average Bonchev–Trinajstić information content (AvgIpc) is 0.811. The molecule has 0 aromatic heterocycles. The second-order valence-electron chi connectivity index (χ2n) is 0.283. The monoisotopic (exact) mass is 105 g/mol. The van der Waals surface area contributed by atoms with Crippen LogP contribution >= 0.6 is 0 Å². The van der Waals surface area contributed by atoms with E-state index in [4.69, 9.17) is 14.1 Å². The molecule has 0 heterocycles. The zero-order chi connectivity index (χ0) is 3.58. The van der Waals surface area contributed by atoms with E-state index >= 15 is 0 Å². The van der Waals surface area contributed by atoms with Crippen molar-refractivity contribution in [3.8, 4) is 0 Å². The van der Waals surface area contributed by atoms with Crippen LogP contribution in [0.2, 0.25) is 0 Å². The van der Waals surface area contributed by atoms with E-state index in [-0.39, 0.29) is 17.4 Å². The van der Waals surface area contributed by atoms with Gasteiger partial charge in [-0.3, -0.25) is 4.46 Å². The predicted molar refractivity (Wildman–Crippen MR) is 16.6 cm³/mol. The largest absolute Gasteiger partial charge is 3.00 e. The maximum absolute atomic E-state index is 8.74. The van der Waals surface area contributed by atoms with E-state index in [9.17, 15) is 0 Å². The molecule has 0 bridgehead atoms. The summed E-state index contributed by atoms with van der Waals surface area (Å²) < 4.78 is 8.74. The van der Waals surface area contributed by atoms with E-state index in [1.807, 2.05) is 0 Å². The first kappa shape index (κ1) is 8.94. The smallest absolute Gasteiger partial charge is 0.511 e. The number of hydrogen-bond acceptors (Lipinski definition) is 1. The van der Waals surface area contributed by atoms with Crippen LogP contribution in [0.25, 0.3) is 0 Å². The Balaban J connectivity index is 0. The van der Waals surface area contributed by atoms with Gasteiger partial charge in [0.1, 0.15) is 0 Å². The van der Waals surface area contributed by atoms with Crippen LogP contribution in [0.15, 0.2) is 0 Å². The molecule has 0 rings (SSSR count). The molecule has 0 aromatic carbocycles. The molecule has 0 atom stereocenters. The van der Waals surface area contributed by atoms with Gasteiger partial charge in [0, 0.05) is 0 Å². The van der Waals surface area contributed by atoms with Gasteiger partial charge in [0.2, 0.25) is 0 Å². The minimum Gasteiger partial charge on any atom is -0.511 e. The summed E-state index contributed by atoms with van der Waals surface area (Å²) in [5, 5.41) is 0. The summed E-state index contributed by atoms with van der Waals surface area (Å²) in [5.74, 6) is 0. The Morgan fingerprint density at radius 2 is 1.40 bits per heavy atom. The van der Waals surface area contributed by atoms with Gasteiger partial charge in [0.05, 0.1) is 0 Å². The number of hydrogen-bond donors (Lipinski definition) is 2. The van der Waals surface area contributed by atoms with Gasteiger partial charge in [-0.1, -0.05) is 0 Å². The molecule has 0 saturated heterocycles. The van der Waals surface area contributed by atoms with E-state index in [0.717, 1.165) is 0 Å². The van der Waals surface area contributed by atoms with Crippen molar-refractivity contribution in [2.75, 3.05) is 0 Å². The zero-order valence-corrected chi connectivity index (χ0v) is 4.53. The Morgan fingerprint density at radius 1 is 1.40 bits per heavy atom. The molecule has 0 fully saturated rings. The summed E-state index contributed by atoms with van der Waals surface area (Å²) in [7, 11) is -3.13. The van der Waals surface area contributed by atoms with Crippen LogP contribution in [0.1, 0.15) is 0 Å². The van der Waals surface area contributed by atoms with Crippen LogP contribution < -0.4 is 0 Å². The maximum Gasteiger partial charge on any atom is 3.00 e. The molecule has 0 amide bonds. The topological polar surface area (TPSA) is 57.5 Å². The van der Waals surface area contributed by atoms with Crippen molar-refractivity contribution in [1.29, 1.82) is 0 Å². The predicted octanol–water partition coefficient (Wildman–Crippen LogP) is -1.99. The Morgan fingerprint density at radius 3 is 1.40 bits per heavy atom. The SMILES string of the molecule is O=[Si](O)O.[Al+3]. The Bertz CT molecular complexity index is 29.9. The van der Waals surface area contributed by atoms with Gasteiger partial charge < -0.3 is 9.59 Å². The molecule has 0 saturated carbocycles. The quantitative estimate of drug-likeness (QED) is 0.350. The van der Waals surface area contributed by atoms with Crippen molar-refractivity contribution in [2.45, 2.75) is 0 Å². The molecule has 5 heavy (non-hydrogen) atoms. The minimum atomic E-state index is -3.13. The van der Waals surface area contributed by atoms with Crippen molar-refractivity contribution in [1.82, 2.24) is 0 Å². The third-order valence-electron chi connectivity index (χ3n) is 0. The fourth-order valence-corrected chi connectivity index (χ4v) is 0. The molecule has 0 aliphatic rings. The molecule has 24 valence electrons.